The van der Waals surface area contributed by atoms with Crippen LogP contribution < -0.4 is 0 Å². The molecule has 5 fully saturated rings. The van der Waals surface area contributed by atoms with Gasteiger partial charge in [0.15, 0.2) is 0 Å². The van der Waals surface area contributed by atoms with Crippen molar-refractivity contribution in [3.05, 3.63) is 0 Å². The van der Waals surface area contributed by atoms with Gasteiger partial charge in [-0.05, 0) is 106 Å². The molecule has 5 rings (SSSR count). The van der Waals surface area contributed by atoms with Gasteiger partial charge in [-0.25, -0.2) is 0 Å². The summed E-state index contributed by atoms with van der Waals surface area (Å²) in [6, 6.07) is 0. The highest BCUT2D eigenvalue weighted by molar-refractivity contribution is 4.87. The van der Waals surface area contributed by atoms with Crippen molar-refractivity contribution in [2.75, 3.05) is 0 Å². The molecule has 0 unspecified atom stereocenters. The highest BCUT2D eigenvalue weighted by Crippen LogP contribution is 2.48. The van der Waals surface area contributed by atoms with Crippen molar-refractivity contribution in [3.63, 3.8) is 0 Å². The molecule has 0 radical (unpaired) electrons. The minimum Gasteiger partial charge on any atom is -0.0683 e. The highest BCUT2D eigenvalue weighted by Gasteiger charge is 2.36. The number of hydrogen-bond acceptors (Lipinski definition) is 0. The van der Waals surface area contributed by atoms with Crippen molar-refractivity contribution in [1.82, 2.24) is 0 Å². The summed E-state index contributed by atoms with van der Waals surface area (Å²) in [5, 5.41) is 0. The molecule has 0 aliphatic heterocycles. The minimum absolute atomic E-state index is 0.500. The Balaban J connectivity index is -0.0000000813. The number of hydrogen-bond donors (Lipinski definition) is 0. The van der Waals surface area contributed by atoms with E-state index in [1.165, 1.54) is 167 Å². The zero-order chi connectivity index (χ0) is 64.4. The first kappa shape index (κ1) is 100. The van der Waals surface area contributed by atoms with Gasteiger partial charge in [-0.1, -0.05) is 405 Å². The Morgan fingerprint density at radius 2 is 0.577 bits per heavy atom. The fraction of sp³-hybridized carbons (Fsp3) is 1.00. The lowest BCUT2D eigenvalue weighted by Crippen LogP contribution is -2.32. The zero-order valence-electron chi connectivity index (χ0n) is 64.4. The quantitative estimate of drug-likeness (QED) is 0.259. The van der Waals surface area contributed by atoms with Crippen molar-refractivity contribution in [2.24, 2.45) is 73.9 Å². The monoisotopic (exact) mass is 1110 g/mol. The fourth-order valence-corrected chi connectivity index (χ4v) is 8.80. The first-order valence-electron chi connectivity index (χ1n) is 35.6. The molecule has 0 atom stereocenters. The summed E-state index contributed by atoms with van der Waals surface area (Å²) in [6.07, 6.45) is 37.2. The van der Waals surface area contributed by atoms with Crippen molar-refractivity contribution in [2.45, 2.75) is 437 Å². The molecule has 5 aliphatic carbocycles. The van der Waals surface area contributed by atoms with Gasteiger partial charge in [0.25, 0.3) is 0 Å². The van der Waals surface area contributed by atoms with Crippen LogP contribution in [0.4, 0.5) is 0 Å². The van der Waals surface area contributed by atoms with Gasteiger partial charge in [-0.2, -0.15) is 0 Å². The first-order valence-corrected chi connectivity index (χ1v) is 35.6. The third kappa shape index (κ3) is 119. The average Bonchev–Trinajstić information content (AvgIpc) is 4.04. The summed E-state index contributed by atoms with van der Waals surface area (Å²) in [6.45, 7) is 86.4. The Labute approximate surface area is 508 Å². The van der Waals surface area contributed by atoms with Crippen LogP contribution in [0.3, 0.4) is 0 Å². The van der Waals surface area contributed by atoms with Crippen LogP contribution in [-0.2, 0) is 0 Å². The average molecular weight is 1110 g/mol. The third-order valence-electron chi connectivity index (χ3n) is 13.9. The lowest BCUT2D eigenvalue weighted by Gasteiger charge is -2.44. The van der Waals surface area contributed by atoms with Gasteiger partial charge in [0.1, 0.15) is 0 Å². The van der Waals surface area contributed by atoms with Gasteiger partial charge in [0.05, 0.1) is 0 Å². The predicted molar refractivity (Wildman–Crippen MR) is 380 cm³/mol. The lowest BCUT2D eigenvalue weighted by atomic mass is 9.62. The molecule has 5 aliphatic rings. The summed E-state index contributed by atoms with van der Waals surface area (Å²) >= 11 is 0. The van der Waals surface area contributed by atoms with Crippen molar-refractivity contribution >= 4 is 0 Å². The van der Waals surface area contributed by atoms with Gasteiger partial charge in [0, 0.05) is 0 Å². The molecule has 78 heavy (non-hydrogen) atoms. The Bertz CT molecular complexity index is 945. The van der Waals surface area contributed by atoms with Crippen LogP contribution in [0.2, 0.25) is 0 Å². The lowest BCUT2D eigenvalue weighted by molar-refractivity contribution is 0.0754. The molecule has 0 nitrogen and oxygen atoms in total. The maximum absolute atomic E-state index is 2.41. The second-order valence-corrected chi connectivity index (χ2v) is 31.8. The van der Waals surface area contributed by atoms with E-state index in [0.717, 1.165) is 41.4 Å². The van der Waals surface area contributed by atoms with E-state index >= 15 is 0 Å². The van der Waals surface area contributed by atoms with Gasteiger partial charge in [0.2, 0.25) is 0 Å². The Morgan fingerprint density at radius 3 is 0.705 bits per heavy atom. The Kier molecular flexibility index (Phi) is 82.8. The molecular weight excluding hydrogens is 937 g/mol. The molecule has 0 N–H and O–H groups in total. The van der Waals surface area contributed by atoms with E-state index in [4.69, 9.17) is 0 Å². The van der Waals surface area contributed by atoms with Crippen molar-refractivity contribution < 1.29 is 0 Å². The third-order valence-corrected chi connectivity index (χ3v) is 13.9. The van der Waals surface area contributed by atoms with Crippen molar-refractivity contribution in [3.8, 4) is 0 Å². The fourth-order valence-electron chi connectivity index (χ4n) is 8.80. The molecule has 488 valence electrons. The van der Waals surface area contributed by atoms with Crippen LogP contribution >= 0.6 is 0 Å². The Hall–Kier alpha value is 0. The first-order chi connectivity index (χ1) is 35.6. The largest absolute Gasteiger partial charge is 0.0683 e. The van der Waals surface area contributed by atoms with E-state index in [1.807, 2.05) is 41.5 Å². The second kappa shape index (κ2) is 64.6. The summed E-state index contributed by atoms with van der Waals surface area (Å²) in [5.74, 6) is 6.82. The van der Waals surface area contributed by atoms with E-state index in [0.29, 0.717) is 32.5 Å². The molecule has 0 saturated heterocycles. The zero-order valence-corrected chi connectivity index (χ0v) is 64.4. The van der Waals surface area contributed by atoms with Crippen LogP contribution in [0.1, 0.15) is 437 Å². The summed E-state index contributed by atoms with van der Waals surface area (Å²) in [4.78, 5) is 0. The number of rotatable bonds is 2. The van der Waals surface area contributed by atoms with Gasteiger partial charge < -0.3 is 0 Å². The van der Waals surface area contributed by atoms with Crippen LogP contribution in [0.25, 0.3) is 0 Å². The molecule has 0 spiro atoms. The summed E-state index contributed by atoms with van der Waals surface area (Å²) in [5.41, 5.74) is 3.41. The standard InChI is InChI=1S/C11H22.C9H18.2C7H14.C6H12.2C6H14.2C5H12.C4H10.2C3H8.3C2H6/c1-9-6-10(2,3)8-11(4,5)7-9;1-8-4-6-9(2,3)7-5-8;1-7-5-3-2-4-6-7;1-2-7-5-3-4-6-7;1-6-4-2-3-5-6;2*1-5-6(2,3)4;1-5(2,3)4;1-4-5(2)3;1-4(2)3;2*1-3-2;3*1-2/h9H,6-8H2,1-5H3;8H,4-7H2,1-3H3;2*7H,2-6H2,1H3;6H,2-5H2,1H3;2*5H2,1-4H3;1-4H3;5H,4H2,1-3H3;4H,1-3H3;2*3H2,1-2H3;3*1-2H3. The van der Waals surface area contributed by atoms with E-state index in [2.05, 4.69) is 228 Å². The maximum atomic E-state index is 2.41. The molecule has 0 aromatic carbocycles. The van der Waals surface area contributed by atoms with Crippen LogP contribution in [0, 0.1) is 73.9 Å². The SMILES string of the molecule is CC.CC.CC.CC(C)(C)C.CC(C)C.CC1CC(C)(C)CC(C)(C)C1.CC1CCC(C)(C)CC1.CC1CCCC1.CC1CCCCC1.CCC.CCC.CCC(C)(C)C.CCC(C)(C)C.CCC(C)C.CCC1CCCC1. The summed E-state index contributed by atoms with van der Waals surface area (Å²) < 4.78 is 0. The molecule has 0 bridgehead atoms. The van der Waals surface area contributed by atoms with E-state index in [9.17, 15) is 0 Å². The van der Waals surface area contributed by atoms with Crippen LogP contribution in [-0.4, -0.2) is 0 Å². The van der Waals surface area contributed by atoms with E-state index in [-0.39, 0.29) is 0 Å². The predicted octanol–water partition coefficient (Wildman–Crippen LogP) is 31.0. The normalized spacial score (nSPS) is 18.3. The Morgan fingerprint density at radius 1 is 0.372 bits per heavy atom. The minimum atomic E-state index is 0.500. The second-order valence-electron chi connectivity index (χ2n) is 31.8. The van der Waals surface area contributed by atoms with Crippen LogP contribution in [0.15, 0.2) is 0 Å². The highest BCUT2D eigenvalue weighted by atomic mass is 14.4. The van der Waals surface area contributed by atoms with Gasteiger partial charge in [-0.15, -0.1) is 0 Å². The molecule has 0 aromatic heterocycles. The smallest absolute Gasteiger partial charge is 0.0347 e. The molecule has 0 heteroatoms. The molecule has 0 aromatic rings. The molecule has 0 heterocycles. The molecule has 5 saturated carbocycles. The molecular formula is C78H176. The van der Waals surface area contributed by atoms with E-state index in [1.54, 1.807) is 0 Å². The van der Waals surface area contributed by atoms with Gasteiger partial charge in [-0.3, -0.25) is 0 Å². The summed E-state index contributed by atoms with van der Waals surface area (Å²) in [7, 11) is 0. The molecule has 0 amide bonds. The van der Waals surface area contributed by atoms with Gasteiger partial charge >= 0.3 is 0 Å². The topological polar surface area (TPSA) is 0 Å². The van der Waals surface area contributed by atoms with Crippen molar-refractivity contribution in [1.29, 1.82) is 0 Å². The van der Waals surface area contributed by atoms with E-state index < -0.39 is 0 Å². The van der Waals surface area contributed by atoms with Crippen LogP contribution in [0.5, 0.6) is 0 Å². The maximum Gasteiger partial charge on any atom is -0.0347 e.